The zero-order valence-corrected chi connectivity index (χ0v) is 8.26. The normalized spacial score (nSPS) is 22.8. The van der Waals surface area contributed by atoms with Gasteiger partial charge in [-0.1, -0.05) is 0 Å². The summed E-state index contributed by atoms with van der Waals surface area (Å²) in [5.74, 6) is 0.896. The van der Waals surface area contributed by atoms with Crippen LogP contribution < -0.4 is 5.73 Å². The molecule has 0 saturated carbocycles. The molecule has 1 aliphatic heterocycles. The third-order valence-corrected chi connectivity index (χ3v) is 2.73. The highest BCUT2D eigenvalue weighted by Gasteiger charge is 2.23. The van der Waals surface area contributed by atoms with E-state index in [-0.39, 0.29) is 0 Å². The van der Waals surface area contributed by atoms with Gasteiger partial charge in [-0.25, -0.2) is 9.97 Å². The van der Waals surface area contributed by atoms with E-state index in [2.05, 4.69) is 14.9 Å². The van der Waals surface area contributed by atoms with Crippen LogP contribution in [0.2, 0.25) is 0 Å². The largest absolute Gasteiger partial charge is 0.329 e. The van der Waals surface area contributed by atoms with E-state index < -0.39 is 0 Å². The molecule has 4 nitrogen and oxygen atoms in total. The first kappa shape index (κ1) is 9.55. The van der Waals surface area contributed by atoms with Crippen molar-refractivity contribution in [3.8, 4) is 0 Å². The lowest BCUT2D eigenvalue weighted by atomic mass is 10.2. The van der Waals surface area contributed by atoms with Gasteiger partial charge in [0.05, 0.1) is 6.54 Å². The van der Waals surface area contributed by atoms with E-state index in [9.17, 15) is 0 Å². The molecule has 0 aromatic carbocycles. The summed E-state index contributed by atoms with van der Waals surface area (Å²) in [6.45, 7) is 2.70. The lowest BCUT2D eigenvalue weighted by Gasteiger charge is -2.21. The summed E-state index contributed by atoms with van der Waals surface area (Å²) < 4.78 is 0. The van der Waals surface area contributed by atoms with Crippen molar-refractivity contribution in [2.24, 2.45) is 5.73 Å². The van der Waals surface area contributed by atoms with Crippen LogP contribution in [0.5, 0.6) is 0 Å². The summed E-state index contributed by atoms with van der Waals surface area (Å²) >= 11 is 0. The summed E-state index contributed by atoms with van der Waals surface area (Å²) in [5, 5.41) is 0. The molecule has 2 N–H and O–H groups in total. The maximum absolute atomic E-state index is 5.70. The van der Waals surface area contributed by atoms with Gasteiger partial charge >= 0.3 is 0 Å². The summed E-state index contributed by atoms with van der Waals surface area (Å²) in [5.41, 5.74) is 5.70. The van der Waals surface area contributed by atoms with Crippen LogP contribution in [0.3, 0.4) is 0 Å². The van der Waals surface area contributed by atoms with Crippen molar-refractivity contribution in [1.82, 2.24) is 14.9 Å². The summed E-state index contributed by atoms with van der Waals surface area (Å²) in [7, 11) is 0. The molecule has 1 atom stereocenters. The minimum Gasteiger partial charge on any atom is -0.329 e. The third-order valence-electron chi connectivity index (χ3n) is 2.73. The van der Waals surface area contributed by atoms with E-state index in [0.717, 1.165) is 25.5 Å². The molecular weight excluding hydrogens is 176 g/mol. The van der Waals surface area contributed by atoms with E-state index >= 15 is 0 Å². The number of likely N-dealkylation sites (tertiary alicyclic amines) is 1. The van der Waals surface area contributed by atoms with Crippen LogP contribution in [0, 0.1) is 0 Å². The first-order chi connectivity index (χ1) is 6.90. The second kappa shape index (κ2) is 4.48. The molecule has 1 aromatic heterocycles. The summed E-state index contributed by atoms with van der Waals surface area (Å²) in [4.78, 5) is 10.8. The number of rotatable bonds is 3. The lowest BCUT2D eigenvalue weighted by Crippen LogP contribution is -2.35. The van der Waals surface area contributed by atoms with E-state index in [0.29, 0.717) is 6.04 Å². The Morgan fingerprint density at radius 2 is 2.21 bits per heavy atom. The Hall–Kier alpha value is -1.00. The van der Waals surface area contributed by atoms with Gasteiger partial charge in [0.1, 0.15) is 5.82 Å². The Labute approximate surface area is 84.2 Å². The fraction of sp³-hybridized carbons (Fsp3) is 0.600. The Morgan fingerprint density at radius 3 is 2.93 bits per heavy atom. The van der Waals surface area contributed by atoms with E-state index in [1.807, 2.05) is 6.07 Å². The molecular formula is C10H16N4. The van der Waals surface area contributed by atoms with Crippen molar-refractivity contribution in [3.63, 3.8) is 0 Å². The quantitative estimate of drug-likeness (QED) is 0.753. The van der Waals surface area contributed by atoms with E-state index in [1.165, 1.54) is 12.8 Å². The number of hydrogen-bond acceptors (Lipinski definition) is 4. The fourth-order valence-corrected chi connectivity index (χ4v) is 1.96. The van der Waals surface area contributed by atoms with E-state index in [1.54, 1.807) is 12.4 Å². The van der Waals surface area contributed by atoms with Gasteiger partial charge in [-0.05, 0) is 25.5 Å². The number of nitrogens with zero attached hydrogens (tertiary/aromatic N) is 3. The maximum Gasteiger partial charge on any atom is 0.142 e. The highest BCUT2D eigenvalue weighted by Crippen LogP contribution is 2.17. The average molecular weight is 192 g/mol. The van der Waals surface area contributed by atoms with Gasteiger partial charge in [0, 0.05) is 25.0 Å². The van der Waals surface area contributed by atoms with Gasteiger partial charge in [-0.2, -0.15) is 0 Å². The predicted molar refractivity (Wildman–Crippen MR) is 54.5 cm³/mol. The standard InChI is InChI=1S/C10H16N4/c11-7-9-3-1-6-14(9)8-10-12-4-2-5-13-10/h2,4-5,9H,1,3,6-8,11H2. The topological polar surface area (TPSA) is 55.0 Å². The van der Waals surface area contributed by atoms with Crippen LogP contribution in [-0.2, 0) is 6.54 Å². The van der Waals surface area contributed by atoms with Crippen molar-refractivity contribution >= 4 is 0 Å². The molecule has 2 rings (SSSR count). The van der Waals surface area contributed by atoms with Crippen LogP contribution in [0.15, 0.2) is 18.5 Å². The van der Waals surface area contributed by atoms with Crippen molar-refractivity contribution in [3.05, 3.63) is 24.3 Å². The van der Waals surface area contributed by atoms with E-state index in [4.69, 9.17) is 5.73 Å². The molecule has 2 heterocycles. The second-order valence-electron chi connectivity index (χ2n) is 3.67. The van der Waals surface area contributed by atoms with Gasteiger partial charge in [-0.3, -0.25) is 4.90 Å². The molecule has 0 radical (unpaired) electrons. The molecule has 0 bridgehead atoms. The van der Waals surface area contributed by atoms with Gasteiger partial charge < -0.3 is 5.73 Å². The number of nitrogens with two attached hydrogens (primary N) is 1. The van der Waals surface area contributed by atoms with Gasteiger partial charge in [0.25, 0.3) is 0 Å². The van der Waals surface area contributed by atoms with Gasteiger partial charge in [-0.15, -0.1) is 0 Å². The first-order valence-corrected chi connectivity index (χ1v) is 5.10. The molecule has 76 valence electrons. The Kier molecular flexibility index (Phi) is 3.06. The molecule has 1 fully saturated rings. The van der Waals surface area contributed by atoms with Crippen LogP contribution in [0.25, 0.3) is 0 Å². The van der Waals surface area contributed by atoms with Crippen molar-refractivity contribution in [2.45, 2.75) is 25.4 Å². The molecule has 1 unspecified atom stereocenters. The van der Waals surface area contributed by atoms with Crippen molar-refractivity contribution in [1.29, 1.82) is 0 Å². The number of aromatic nitrogens is 2. The maximum atomic E-state index is 5.70. The Morgan fingerprint density at radius 1 is 1.43 bits per heavy atom. The SMILES string of the molecule is NCC1CCCN1Cc1ncccn1. The minimum absolute atomic E-state index is 0.527. The van der Waals surface area contributed by atoms with Crippen molar-refractivity contribution in [2.75, 3.05) is 13.1 Å². The fourth-order valence-electron chi connectivity index (χ4n) is 1.96. The Balaban J connectivity index is 1.97. The summed E-state index contributed by atoms with van der Waals surface area (Å²) in [6.07, 6.45) is 6.03. The monoisotopic (exact) mass is 192 g/mol. The van der Waals surface area contributed by atoms with Gasteiger partial charge in [0.2, 0.25) is 0 Å². The predicted octanol–water partition coefficient (Wildman–Crippen LogP) is 0.400. The van der Waals surface area contributed by atoms with Crippen molar-refractivity contribution < 1.29 is 0 Å². The molecule has 14 heavy (non-hydrogen) atoms. The van der Waals surface area contributed by atoms with Gasteiger partial charge in [0.15, 0.2) is 0 Å². The van der Waals surface area contributed by atoms with Crippen LogP contribution in [-0.4, -0.2) is 34.0 Å². The molecule has 1 saturated heterocycles. The van der Waals surface area contributed by atoms with Crippen LogP contribution in [0.4, 0.5) is 0 Å². The first-order valence-electron chi connectivity index (χ1n) is 5.10. The second-order valence-corrected chi connectivity index (χ2v) is 3.67. The lowest BCUT2D eigenvalue weighted by molar-refractivity contribution is 0.244. The highest BCUT2D eigenvalue weighted by atomic mass is 15.2. The molecule has 1 aromatic rings. The van der Waals surface area contributed by atoms with Crippen LogP contribution in [0.1, 0.15) is 18.7 Å². The molecule has 0 amide bonds. The highest BCUT2D eigenvalue weighted by molar-refractivity contribution is 4.91. The Bertz CT molecular complexity index is 275. The molecule has 0 spiro atoms. The molecule has 0 aliphatic carbocycles. The summed E-state index contributed by atoms with van der Waals surface area (Å²) in [6, 6.07) is 2.37. The minimum atomic E-state index is 0.527. The molecule has 1 aliphatic rings. The zero-order chi connectivity index (χ0) is 9.80. The number of hydrogen-bond donors (Lipinski definition) is 1. The zero-order valence-electron chi connectivity index (χ0n) is 8.26. The smallest absolute Gasteiger partial charge is 0.142 e. The van der Waals surface area contributed by atoms with Crippen LogP contribution >= 0.6 is 0 Å². The average Bonchev–Trinajstić information content (AvgIpc) is 2.67. The molecule has 4 heteroatoms. The third kappa shape index (κ3) is 2.08.